The summed E-state index contributed by atoms with van der Waals surface area (Å²) in [6.07, 6.45) is 1.83. The Morgan fingerprint density at radius 3 is 2.90 bits per heavy atom. The van der Waals surface area contributed by atoms with Crippen LogP contribution in [0.25, 0.3) is 0 Å². The highest BCUT2D eigenvalue weighted by molar-refractivity contribution is 7.99. The molecule has 0 rings (SSSR count). The Hall–Kier alpha value is -0.180. The van der Waals surface area contributed by atoms with Crippen LogP contribution in [0.5, 0.6) is 0 Å². The number of carbonyl (C=O) groups excluding carboxylic acids is 1. The molecule has 0 aliphatic heterocycles. The highest BCUT2D eigenvalue weighted by Gasteiger charge is 1.97. The molecule has 1 amide bonds. The molecule has 0 saturated carbocycles. The van der Waals surface area contributed by atoms with E-state index in [1.165, 1.54) is 0 Å². The first-order chi connectivity index (χ1) is 4.81. The topological polar surface area (TPSA) is 29.1 Å². The summed E-state index contributed by atoms with van der Waals surface area (Å²) in [5, 5.41) is 2.71. The zero-order valence-corrected chi connectivity index (χ0v) is 7.41. The number of hydrogen-bond donors (Lipinski definition) is 1. The van der Waals surface area contributed by atoms with Crippen molar-refractivity contribution in [2.24, 2.45) is 0 Å². The molecule has 1 atom stereocenters. The zero-order valence-electron chi connectivity index (χ0n) is 6.59. The summed E-state index contributed by atoms with van der Waals surface area (Å²) in [6.45, 7) is 4.16. The fraction of sp³-hybridized carbons (Fsp3) is 0.857. The van der Waals surface area contributed by atoms with Crippen LogP contribution in [-0.2, 0) is 4.79 Å². The van der Waals surface area contributed by atoms with Crippen molar-refractivity contribution in [3.05, 3.63) is 0 Å². The summed E-state index contributed by atoms with van der Waals surface area (Å²) < 4.78 is 0. The monoisotopic (exact) mass is 161 g/mol. The van der Waals surface area contributed by atoms with Gasteiger partial charge in [0.15, 0.2) is 0 Å². The van der Waals surface area contributed by atoms with Crippen LogP contribution in [0.4, 0.5) is 0 Å². The van der Waals surface area contributed by atoms with Crippen molar-refractivity contribution < 1.29 is 4.79 Å². The second kappa shape index (κ2) is 6.93. The zero-order chi connectivity index (χ0) is 7.82. The molecule has 3 heteroatoms. The quantitative estimate of drug-likeness (QED) is 0.469. The van der Waals surface area contributed by atoms with E-state index in [0.717, 1.165) is 24.3 Å². The minimum Gasteiger partial charge on any atom is -0.356 e. The molecule has 0 bridgehead atoms. The third kappa shape index (κ3) is 5.95. The first-order valence-electron chi connectivity index (χ1n) is 3.58. The average molecular weight is 161 g/mol. The third-order valence-electron chi connectivity index (χ3n) is 1.25. The maximum absolute atomic E-state index is 9.93. The molecule has 10 heavy (non-hydrogen) atoms. The van der Waals surface area contributed by atoms with Crippen LogP contribution in [0.3, 0.4) is 0 Å². The van der Waals surface area contributed by atoms with Crippen LogP contribution >= 0.6 is 11.8 Å². The Morgan fingerprint density at radius 2 is 2.40 bits per heavy atom. The third-order valence-corrected chi connectivity index (χ3v) is 2.18. The molecule has 1 unspecified atom stereocenters. The molecule has 0 fully saturated rings. The van der Waals surface area contributed by atoms with Crippen LogP contribution in [0.2, 0.25) is 0 Å². The number of thioether (sulfide) groups is 1. The summed E-state index contributed by atoms with van der Waals surface area (Å²) in [6, 6.07) is 0.330. The largest absolute Gasteiger partial charge is 0.356 e. The molecular formula is C7H15NOS. The molecule has 0 aliphatic rings. The van der Waals surface area contributed by atoms with Crippen LogP contribution in [0.1, 0.15) is 20.3 Å². The highest BCUT2D eigenvalue weighted by Crippen LogP contribution is 2.02. The van der Waals surface area contributed by atoms with E-state index in [1.54, 1.807) is 0 Å². The van der Waals surface area contributed by atoms with Gasteiger partial charge in [-0.05, 0) is 24.9 Å². The Morgan fingerprint density at radius 1 is 1.70 bits per heavy atom. The second-order valence-corrected chi connectivity index (χ2v) is 3.57. The Labute approximate surface area is 66.8 Å². The Kier molecular flexibility index (Phi) is 6.81. The van der Waals surface area contributed by atoms with Crippen LogP contribution in [0.15, 0.2) is 0 Å². The second-order valence-electron chi connectivity index (χ2n) is 2.17. The molecule has 0 aromatic rings. The minimum atomic E-state index is 0.330. The lowest BCUT2D eigenvalue weighted by Gasteiger charge is -2.07. The number of amides is 1. The van der Waals surface area contributed by atoms with Crippen molar-refractivity contribution in [3.8, 4) is 0 Å². The Bertz CT molecular complexity index is 87.7. The lowest BCUT2D eigenvalue weighted by Crippen LogP contribution is -2.24. The molecule has 0 aromatic heterocycles. The number of rotatable bonds is 6. The minimum absolute atomic E-state index is 0.330. The molecule has 0 spiro atoms. The predicted molar refractivity (Wildman–Crippen MR) is 46.3 cm³/mol. The van der Waals surface area contributed by atoms with Gasteiger partial charge in [0.2, 0.25) is 6.41 Å². The Balaban J connectivity index is 3.04. The molecule has 2 nitrogen and oxygen atoms in total. The fourth-order valence-electron chi connectivity index (χ4n) is 0.604. The number of hydrogen-bond acceptors (Lipinski definition) is 2. The standard InChI is InChI=1S/C7H15NOS/c1-3-10-5-4-7(2)8-6-9/h6-7H,3-5H2,1-2H3,(H,8,9). The van der Waals surface area contributed by atoms with Crippen molar-refractivity contribution in [3.63, 3.8) is 0 Å². The van der Waals surface area contributed by atoms with Gasteiger partial charge in [-0.15, -0.1) is 0 Å². The van der Waals surface area contributed by atoms with Crippen molar-refractivity contribution in [1.82, 2.24) is 5.32 Å². The van der Waals surface area contributed by atoms with Gasteiger partial charge in [-0.3, -0.25) is 4.79 Å². The van der Waals surface area contributed by atoms with Crippen molar-refractivity contribution >= 4 is 18.2 Å². The highest BCUT2D eigenvalue weighted by atomic mass is 32.2. The predicted octanol–water partition coefficient (Wildman–Crippen LogP) is 1.26. The van der Waals surface area contributed by atoms with E-state index in [9.17, 15) is 4.79 Å². The van der Waals surface area contributed by atoms with Gasteiger partial charge in [0.1, 0.15) is 0 Å². The van der Waals surface area contributed by atoms with Gasteiger partial charge in [-0.1, -0.05) is 6.92 Å². The molecule has 0 saturated heterocycles. The van der Waals surface area contributed by atoms with Crippen molar-refractivity contribution in [2.75, 3.05) is 11.5 Å². The van der Waals surface area contributed by atoms with Crippen LogP contribution in [0, 0.1) is 0 Å². The lowest BCUT2D eigenvalue weighted by molar-refractivity contribution is -0.110. The summed E-state index contributed by atoms with van der Waals surface area (Å²) in [5.74, 6) is 2.30. The number of carbonyl (C=O) groups is 1. The lowest BCUT2D eigenvalue weighted by atomic mass is 10.3. The summed E-state index contributed by atoms with van der Waals surface area (Å²) in [4.78, 5) is 9.93. The van der Waals surface area contributed by atoms with E-state index in [1.807, 2.05) is 18.7 Å². The van der Waals surface area contributed by atoms with E-state index in [-0.39, 0.29) is 0 Å². The molecule has 0 heterocycles. The smallest absolute Gasteiger partial charge is 0.207 e. The molecule has 0 radical (unpaired) electrons. The molecule has 60 valence electrons. The van der Waals surface area contributed by atoms with E-state index in [4.69, 9.17) is 0 Å². The van der Waals surface area contributed by atoms with Gasteiger partial charge >= 0.3 is 0 Å². The fourth-order valence-corrected chi connectivity index (χ4v) is 1.41. The van der Waals surface area contributed by atoms with Gasteiger partial charge in [-0.2, -0.15) is 11.8 Å². The van der Waals surface area contributed by atoms with E-state index < -0.39 is 0 Å². The van der Waals surface area contributed by atoms with Gasteiger partial charge < -0.3 is 5.32 Å². The molecule has 0 aromatic carbocycles. The first-order valence-corrected chi connectivity index (χ1v) is 4.74. The average Bonchev–Trinajstić information content (AvgIpc) is 1.89. The molecular weight excluding hydrogens is 146 g/mol. The van der Waals surface area contributed by atoms with Gasteiger partial charge in [0, 0.05) is 6.04 Å². The summed E-state index contributed by atoms with van der Waals surface area (Å²) in [7, 11) is 0. The van der Waals surface area contributed by atoms with Crippen molar-refractivity contribution in [2.45, 2.75) is 26.3 Å². The van der Waals surface area contributed by atoms with E-state index in [0.29, 0.717) is 6.04 Å². The molecule has 0 aliphatic carbocycles. The van der Waals surface area contributed by atoms with E-state index >= 15 is 0 Å². The maximum atomic E-state index is 9.93. The normalized spacial score (nSPS) is 12.6. The first kappa shape index (κ1) is 9.82. The summed E-state index contributed by atoms with van der Waals surface area (Å²) >= 11 is 1.91. The molecule has 1 N–H and O–H groups in total. The van der Waals surface area contributed by atoms with Gasteiger partial charge in [-0.25, -0.2) is 0 Å². The number of nitrogens with one attached hydrogen (secondary N) is 1. The van der Waals surface area contributed by atoms with Crippen LogP contribution in [-0.4, -0.2) is 24.0 Å². The SMILES string of the molecule is CCSCCC(C)NC=O. The van der Waals surface area contributed by atoms with Gasteiger partial charge in [0.25, 0.3) is 0 Å². The maximum Gasteiger partial charge on any atom is 0.207 e. The van der Waals surface area contributed by atoms with Gasteiger partial charge in [0.05, 0.1) is 0 Å². The van der Waals surface area contributed by atoms with Crippen molar-refractivity contribution in [1.29, 1.82) is 0 Å². The summed E-state index contributed by atoms with van der Waals surface area (Å²) in [5.41, 5.74) is 0. The van der Waals surface area contributed by atoms with Crippen LogP contribution < -0.4 is 5.32 Å². The van der Waals surface area contributed by atoms with E-state index in [2.05, 4.69) is 12.2 Å².